The fraction of sp³-hybridized carbons (Fsp3) is 0.667. The summed E-state index contributed by atoms with van der Waals surface area (Å²) in [4.78, 5) is 0. The molecule has 3 nitrogen and oxygen atoms in total. The molecule has 3 aromatic rings. The van der Waals surface area contributed by atoms with Gasteiger partial charge >= 0.3 is 8.60 Å². The molecule has 0 spiro atoms. The van der Waals surface area contributed by atoms with Gasteiger partial charge < -0.3 is 13.6 Å². The molecule has 0 saturated heterocycles. The topological polar surface area (TPSA) is 27.7 Å². The van der Waals surface area contributed by atoms with E-state index in [0.717, 1.165) is 53.2 Å². The van der Waals surface area contributed by atoms with E-state index in [1.54, 1.807) is 0 Å². The van der Waals surface area contributed by atoms with Crippen molar-refractivity contribution in [1.29, 1.82) is 0 Å². The second-order valence-corrected chi connectivity index (χ2v) is 27.2. The molecule has 0 aliphatic heterocycles. The van der Waals surface area contributed by atoms with Gasteiger partial charge in [-0.15, -0.1) is 0 Å². The van der Waals surface area contributed by atoms with Gasteiger partial charge in [-0.05, 0) is 103 Å². The van der Waals surface area contributed by atoms with Crippen LogP contribution in [0.4, 0.5) is 0 Å². The van der Waals surface area contributed by atoms with Crippen LogP contribution in [0.3, 0.4) is 0 Å². The minimum atomic E-state index is -1.96. The van der Waals surface area contributed by atoms with Crippen molar-refractivity contribution in [1.82, 2.24) is 0 Å². The highest BCUT2D eigenvalue weighted by Crippen LogP contribution is 2.51. The van der Waals surface area contributed by atoms with E-state index in [4.69, 9.17) is 13.6 Å². The molecule has 0 aliphatic carbocycles. The Labute approximate surface area is 360 Å². The van der Waals surface area contributed by atoms with Crippen molar-refractivity contribution in [3.8, 4) is 17.2 Å². The summed E-state index contributed by atoms with van der Waals surface area (Å²) in [6, 6.07) is 20.3. The second kappa shape index (κ2) is 16.7. The van der Waals surface area contributed by atoms with E-state index >= 15 is 0 Å². The highest BCUT2D eigenvalue weighted by atomic mass is 31.2. The standard InChI is InChI=1S/C54H87O3P/c1-46(2,3)34-52(19,20)37-25-28-43(40(31-37)49(10,11)12)55-58(56-44-29-26-38(32-41(44)50(13,14)15)53(21,22)35-47(4,5)6)57-45-30-27-39(33-42(45)51(16,17)18)54(23,24)36-48(7,8)9/h25-33H,34-36H2,1-24H3. The first-order chi connectivity index (χ1) is 25.7. The summed E-state index contributed by atoms with van der Waals surface area (Å²) in [5, 5.41) is 0. The minimum absolute atomic E-state index is 0.0112. The molecule has 0 heterocycles. The fourth-order valence-electron chi connectivity index (χ4n) is 9.43. The molecule has 0 bridgehead atoms. The summed E-state index contributed by atoms with van der Waals surface area (Å²) in [7, 11) is -1.96. The van der Waals surface area contributed by atoms with E-state index in [-0.39, 0.29) is 48.7 Å². The van der Waals surface area contributed by atoms with Crippen LogP contribution in [-0.2, 0) is 32.5 Å². The fourth-order valence-corrected chi connectivity index (χ4v) is 10.5. The van der Waals surface area contributed by atoms with Crippen LogP contribution in [0.25, 0.3) is 0 Å². The van der Waals surface area contributed by atoms with E-state index in [1.807, 2.05) is 0 Å². The van der Waals surface area contributed by atoms with Crippen LogP contribution in [0.1, 0.15) is 219 Å². The van der Waals surface area contributed by atoms with Gasteiger partial charge in [0.25, 0.3) is 0 Å². The maximum atomic E-state index is 7.13. The van der Waals surface area contributed by atoms with Gasteiger partial charge in [-0.3, -0.25) is 0 Å². The zero-order chi connectivity index (χ0) is 44.9. The molecular weight excluding hydrogens is 728 g/mol. The number of hydrogen-bond donors (Lipinski definition) is 0. The van der Waals surface area contributed by atoms with Crippen molar-refractivity contribution in [2.24, 2.45) is 16.2 Å². The van der Waals surface area contributed by atoms with Crippen molar-refractivity contribution in [3.63, 3.8) is 0 Å². The molecule has 0 unspecified atom stereocenters. The van der Waals surface area contributed by atoms with Crippen LogP contribution in [0.2, 0.25) is 0 Å². The maximum Gasteiger partial charge on any atom is 0.530 e. The molecule has 0 amide bonds. The Kier molecular flexibility index (Phi) is 14.4. The normalized spacial score (nSPS) is 14.2. The molecule has 0 aliphatic rings. The van der Waals surface area contributed by atoms with E-state index in [9.17, 15) is 0 Å². The van der Waals surface area contributed by atoms with Crippen LogP contribution in [-0.4, -0.2) is 0 Å². The summed E-state index contributed by atoms with van der Waals surface area (Å²) < 4.78 is 21.4. The predicted octanol–water partition coefficient (Wildman–Crippen LogP) is 17.5. The summed E-state index contributed by atoms with van der Waals surface area (Å²) in [6.45, 7) is 55.5. The third-order valence-electron chi connectivity index (χ3n) is 11.1. The molecule has 3 aromatic carbocycles. The van der Waals surface area contributed by atoms with Crippen LogP contribution in [0.5, 0.6) is 17.2 Å². The molecule has 3 rings (SSSR count). The maximum absolute atomic E-state index is 7.13. The highest BCUT2D eigenvalue weighted by Gasteiger charge is 2.36. The van der Waals surface area contributed by atoms with E-state index in [1.165, 1.54) is 16.7 Å². The zero-order valence-corrected chi connectivity index (χ0v) is 42.9. The van der Waals surface area contributed by atoms with E-state index < -0.39 is 8.60 Å². The molecule has 0 fully saturated rings. The lowest BCUT2D eigenvalue weighted by molar-refractivity contribution is 0.283. The van der Waals surface area contributed by atoms with E-state index in [0.29, 0.717) is 0 Å². The highest BCUT2D eigenvalue weighted by molar-refractivity contribution is 7.43. The molecule has 0 radical (unpaired) electrons. The average Bonchev–Trinajstić information content (AvgIpc) is 2.96. The van der Waals surface area contributed by atoms with Crippen molar-refractivity contribution in [2.75, 3.05) is 0 Å². The number of hydrogen-bond acceptors (Lipinski definition) is 3. The quantitative estimate of drug-likeness (QED) is 0.171. The molecule has 0 atom stereocenters. The monoisotopic (exact) mass is 815 g/mol. The van der Waals surface area contributed by atoms with E-state index in [2.05, 4.69) is 221 Å². The van der Waals surface area contributed by atoms with Crippen LogP contribution < -0.4 is 13.6 Å². The smallest absolute Gasteiger partial charge is 0.408 e. The molecule has 326 valence electrons. The second-order valence-electron chi connectivity index (χ2n) is 26.2. The predicted molar refractivity (Wildman–Crippen MR) is 256 cm³/mol. The van der Waals surface area contributed by atoms with Gasteiger partial charge in [0.2, 0.25) is 0 Å². The summed E-state index contributed by atoms with van der Waals surface area (Å²) in [5.74, 6) is 2.40. The van der Waals surface area contributed by atoms with Gasteiger partial charge in [-0.2, -0.15) is 0 Å². The SMILES string of the molecule is CC(C)(C)CC(C)(C)c1ccc(OP(Oc2ccc(C(C)(C)CC(C)(C)C)cc2C(C)(C)C)Oc2ccc(C(C)(C)CC(C)(C)C)cc2C(C)(C)C)c(C(C)(C)C)c1. The Bertz CT molecular complexity index is 1630. The lowest BCUT2D eigenvalue weighted by Gasteiger charge is -2.35. The first-order valence-corrected chi connectivity index (χ1v) is 23.1. The lowest BCUT2D eigenvalue weighted by Crippen LogP contribution is -2.26. The molecule has 0 N–H and O–H groups in total. The van der Waals surface area contributed by atoms with Gasteiger partial charge in [-0.1, -0.05) is 203 Å². The van der Waals surface area contributed by atoms with Gasteiger partial charge in [0.15, 0.2) is 0 Å². The van der Waals surface area contributed by atoms with Gasteiger partial charge in [0.05, 0.1) is 0 Å². The van der Waals surface area contributed by atoms with Crippen LogP contribution in [0, 0.1) is 16.2 Å². The third kappa shape index (κ3) is 14.0. The Balaban J connectivity index is 2.29. The molecule has 58 heavy (non-hydrogen) atoms. The summed E-state index contributed by atoms with van der Waals surface area (Å²) in [6.07, 6.45) is 3.21. The van der Waals surface area contributed by atoms with Crippen molar-refractivity contribution >= 4 is 8.60 Å². The van der Waals surface area contributed by atoms with Crippen LogP contribution >= 0.6 is 8.60 Å². The Morgan fingerprint density at radius 2 is 0.534 bits per heavy atom. The first-order valence-electron chi connectivity index (χ1n) is 22.0. The van der Waals surface area contributed by atoms with Crippen molar-refractivity contribution in [2.45, 2.75) is 218 Å². The van der Waals surface area contributed by atoms with Gasteiger partial charge in [-0.25, -0.2) is 0 Å². The third-order valence-corrected chi connectivity index (χ3v) is 12.2. The zero-order valence-electron chi connectivity index (χ0n) is 42.0. The summed E-state index contributed by atoms with van der Waals surface area (Å²) in [5.41, 5.74) is 7.41. The van der Waals surface area contributed by atoms with Crippen LogP contribution in [0.15, 0.2) is 54.6 Å². The Hall–Kier alpha value is -2.51. The lowest BCUT2D eigenvalue weighted by atomic mass is 9.71. The average molecular weight is 815 g/mol. The van der Waals surface area contributed by atoms with Crippen molar-refractivity contribution in [3.05, 3.63) is 88.0 Å². The number of benzene rings is 3. The van der Waals surface area contributed by atoms with Crippen molar-refractivity contribution < 1.29 is 13.6 Å². The Morgan fingerprint density at radius 1 is 0.328 bits per heavy atom. The summed E-state index contributed by atoms with van der Waals surface area (Å²) >= 11 is 0. The minimum Gasteiger partial charge on any atom is -0.408 e. The van der Waals surface area contributed by atoms with Gasteiger partial charge in [0, 0.05) is 16.7 Å². The largest absolute Gasteiger partial charge is 0.530 e. The number of rotatable bonds is 12. The molecular formula is C54H87O3P. The molecule has 4 heteroatoms. The molecule has 0 aromatic heterocycles. The Morgan fingerprint density at radius 3 is 0.707 bits per heavy atom. The first kappa shape index (κ1) is 49.8. The van der Waals surface area contributed by atoms with Gasteiger partial charge in [0.1, 0.15) is 17.2 Å². The molecule has 0 saturated carbocycles.